The average molecular weight is 473 g/mol. The maximum Gasteiger partial charge on any atom is 0.408 e. The molecule has 3 rings (SSSR count). The van der Waals surface area contributed by atoms with Gasteiger partial charge < -0.3 is 14.8 Å². The number of amides is 1. The van der Waals surface area contributed by atoms with Crippen molar-refractivity contribution in [2.24, 2.45) is 5.92 Å². The van der Waals surface area contributed by atoms with Gasteiger partial charge in [-0.3, -0.25) is 4.79 Å². The summed E-state index contributed by atoms with van der Waals surface area (Å²) < 4.78 is 10.8. The number of thiazole rings is 1. The summed E-state index contributed by atoms with van der Waals surface area (Å²) in [6.07, 6.45) is 9.56. The first-order chi connectivity index (χ1) is 15.8. The predicted molar refractivity (Wildman–Crippen MR) is 130 cm³/mol. The third-order valence-electron chi connectivity index (χ3n) is 5.65. The van der Waals surface area contributed by atoms with E-state index in [1.54, 1.807) is 11.3 Å². The Balaban J connectivity index is 1.59. The highest BCUT2D eigenvalue weighted by Crippen LogP contribution is 2.31. The number of benzene rings is 1. The van der Waals surface area contributed by atoms with Crippen LogP contribution in [0.2, 0.25) is 0 Å². The van der Waals surface area contributed by atoms with Crippen LogP contribution in [0.15, 0.2) is 36.5 Å². The van der Waals surface area contributed by atoms with Gasteiger partial charge in [0.15, 0.2) is 0 Å². The highest BCUT2D eigenvalue weighted by molar-refractivity contribution is 7.11. The molecular weight excluding hydrogens is 436 g/mol. The number of aromatic nitrogens is 1. The largest absolute Gasteiger partial charge is 0.461 e. The predicted octanol–water partition coefficient (Wildman–Crippen LogP) is 6.36. The van der Waals surface area contributed by atoms with E-state index in [0.29, 0.717) is 6.42 Å². The first-order valence-corrected chi connectivity index (χ1v) is 12.7. The van der Waals surface area contributed by atoms with E-state index in [1.807, 2.05) is 57.3 Å². The fraction of sp³-hybridized carbons (Fsp3) is 0.577. The van der Waals surface area contributed by atoms with Gasteiger partial charge >= 0.3 is 12.1 Å². The number of carbonyl (C=O) groups excluding carboxylic acids is 2. The minimum absolute atomic E-state index is 0.185. The molecule has 1 fully saturated rings. The fourth-order valence-corrected chi connectivity index (χ4v) is 5.15. The van der Waals surface area contributed by atoms with Crippen LogP contribution < -0.4 is 5.32 Å². The van der Waals surface area contributed by atoms with Crippen LogP contribution in [0, 0.1) is 5.92 Å². The van der Waals surface area contributed by atoms with Crippen LogP contribution in [0.4, 0.5) is 4.79 Å². The molecule has 1 aromatic carbocycles. The molecule has 1 aromatic heterocycles. The zero-order valence-corrected chi connectivity index (χ0v) is 20.8. The van der Waals surface area contributed by atoms with E-state index in [4.69, 9.17) is 9.47 Å². The molecule has 0 radical (unpaired) electrons. The van der Waals surface area contributed by atoms with Gasteiger partial charge in [0.05, 0.1) is 6.04 Å². The van der Waals surface area contributed by atoms with E-state index in [0.717, 1.165) is 22.9 Å². The minimum Gasteiger partial charge on any atom is -0.461 e. The standard InChI is InChI=1S/C26H36N2O4S/c1-26(2,3)32-25(30)28-22(14-15-23(29)31-18-20-12-8-5-9-13-20)24-27-17-21(33-24)16-19-10-6-4-7-11-19/h5,8-9,12-13,17,19,22H,4,6-7,10-11,14-16,18H2,1-3H3,(H,28,30)/t22-/m0/s1. The van der Waals surface area contributed by atoms with Crippen molar-refractivity contribution in [1.29, 1.82) is 0 Å². The van der Waals surface area contributed by atoms with Gasteiger partial charge in [-0.2, -0.15) is 0 Å². The van der Waals surface area contributed by atoms with Crippen LogP contribution in [-0.2, 0) is 27.3 Å². The van der Waals surface area contributed by atoms with E-state index >= 15 is 0 Å². The first kappa shape index (κ1) is 25.2. The van der Waals surface area contributed by atoms with Crippen molar-refractivity contribution in [1.82, 2.24) is 10.3 Å². The second kappa shape index (κ2) is 12.2. The van der Waals surface area contributed by atoms with Crippen molar-refractivity contribution < 1.29 is 19.1 Å². The maximum atomic E-state index is 12.4. The van der Waals surface area contributed by atoms with Gasteiger partial charge in [0.2, 0.25) is 0 Å². The number of carbonyl (C=O) groups is 2. The molecule has 6 nitrogen and oxygen atoms in total. The van der Waals surface area contributed by atoms with Gasteiger partial charge in [0.25, 0.3) is 0 Å². The second-order valence-corrected chi connectivity index (χ2v) is 10.9. The second-order valence-electron chi connectivity index (χ2n) is 9.76. The molecule has 1 amide bonds. The van der Waals surface area contributed by atoms with E-state index in [2.05, 4.69) is 10.3 Å². The van der Waals surface area contributed by atoms with Crippen molar-refractivity contribution in [3.05, 3.63) is 52.0 Å². The zero-order valence-electron chi connectivity index (χ0n) is 20.0. The molecule has 1 heterocycles. The molecule has 0 unspecified atom stereocenters. The third kappa shape index (κ3) is 9.16. The summed E-state index contributed by atoms with van der Waals surface area (Å²) in [5, 5.41) is 3.72. The van der Waals surface area contributed by atoms with Crippen molar-refractivity contribution in [2.75, 3.05) is 0 Å². The monoisotopic (exact) mass is 472 g/mol. The van der Waals surface area contributed by atoms with Crippen LogP contribution in [0.3, 0.4) is 0 Å². The number of ether oxygens (including phenoxy) is 2. The lowest BCUT2D eigenvalue weighted by molar-refractivity contribution is -0.145. The topological polar surface area (TPSA) is 77.5 Å². The minimum atomic E-state index is -0.599. The maximum absolute atomic E-state index is 12.4. The molecule has 1 aliphatic carbocycles. The molecule has 1 N–H and O–H groups in total. The first-order valence-electron chi connectivity index (χ1n) is 11.9. The van der Waals surface area contributed by atoms with Crippen LogP contribution in [0.25, 0.3) is 0 Å². The van der Waals surface area contributed by atoms with E-state index in [1.165, 1.54) is 37.0 Å². The lowest BCUT2D eigenvalue weighted by atomic mass is 9.87. The number of rotatable bonds is 9. The van der Waals surface area contributed by atoms with E-state index in [-0.39, 0.29) is 19.0 Å². The average Bonchev–Trinajstić information content (AvgIpc) is 3.23. The molecule has 1 aliphatic rings. The van der Waals surface area contributed by atoms with Crippen LogP contribution in [0.1, 0.15) is 87.2 Å². The molecule has 180 valence electrons. The van der Waals surface area contributed by atoms with Gasteiger partial charge in [0.1, 0.15) is 17.2 Å². The number of nitrogens with one attached hydrogen (secondary N) is 1. The number of hydrogen-bond acceptors (Lipinski definition) is 6. The molecule has 0 aliphatic heterocycles. The Kier molecular flexibility index (Phi) is 9.30. The lowest BCUT2D eigenvalue weighted by Crippen LogP contribution is -2.35. The van der Waals surface area contributed by atoms with Crippen LogP contribution >= 0.6 is 11.3 Å². The van der Waals surface area contributed by atoms with Crippen LogP contribution in [-0.4, -0.2) is 22.6 Å². The molecule has 0 saturated heterocycles. The fourth-order valence-electron chi connectivity index (χ4n) is 4.03. The summed E-state index contributed by atoms with van der Waals surface area (Å²) in [5.41, 5.74) is 0.347. The van der Waals surface area contributed by atoms with E-state index < -0.39 is 17.7 Å². The van der Waals surface area contributed by atoms with Gasteiger partial charge in [0, 0.05) is 17.5 Å². The van der Waals surface area contributed by atoms with Crippen LogP contribution in [0.5, 0.6) is 0 Å². The highest BCUT2D eigenvalue weighted by Gasteiger charge is 2.24. The molecular formula is C26H36N2O4S. The Hall–Kier alpha value is -2.41. The summed E-state index contributed by atoms with van der Waals surface area (Å²) in [7, 11) is 0. The number of esters is 1. The van der Waals surface area contributed by atoms with Crippen molar-refractivity contribution in [3.63, 3.8) is 0 Å². The highest BCUT2D eigenvalue weighted by atomic mass is 32.1. The van der Waals surface area contributed by atoms with Crippen molar-refractivity contribution in [3.8, 4) is 0 Å². The van der Waals surface area contributed by atoms with Crippen molar-refractivity contribution in [2.45, 2.75) is 90.4 Å². The Labute approximate surface area is 201 Å². The quantitative estimate of drug-likeness (QED) is 0.430. The molecule has 33 heavy (non-hydrogen) atoms. The van der Waals surface area contributed by atoms with E-state index in [9.17, 15) is 9.59 Å². The summed E-state index contributed by atoms with van der Waals surface area (Å²) in [5.74, 6) is 0.422. The van der Waals surface area contributed by atoms with Gasteiger partial charge in [-0.05, 0) is 45.1 Å². The molecule has 1 atom stereocenters. The van der Waals surface area contributed by atoms with Crippen molar-refractivity contribution >= 4 is 23.4 Å². The Bertz CT molecular complexity index is 885. The molecule has 7 heteroatoms. The summed E-state index contributed by atoms with van der Waals surface area (Å²) in [4.78, 5) is 30.6. The Morgan fingerprint density at radius 1 is 1.15 bits per heavy atom. The molecule has 2 aromatic rings. The molecule has 0 spiro atoms. The number of alkyl carbamates (subject to hydrolysis) is 1. The SMILES string of the molecule is CC(C)(C)OC(=O)N[C@@H](CCC(=O)OCc1ccccc1)c1ncc(CC2CCCCC2)s1. The summed E-state index contributed by atoms with van der Waals surface area (Å²) in [6, 6.07) is 9.20. The zero-order chi connectivity index (χ0) is 23.7. The normalized spacial score (nSPS) is 15.6. The van der Waals surface area contributed by atoms with Gasteiger partial charge in [-0.15, -0.1) is 11.3 Å². The Morgan fingerprint density at radius 3 is 2.58 bits per heavy atom. The lowest BCUT2D eigenvalue weighted by Gasteiger charge is -2.23. The third-order valence-corrected chi connectivity index (χ3v) is 6.79. The molecule has 1 saturated carbocycles. The Morgan fingerprint density at radius 2 is 1.88 bits per heavy atom. The smallest absolute Gasteiger partial charge is 0.408 e. The summed E-state index contributed by atoms with van der Waals surface area (Å²) in [6.45, 7) is 5.73. The van der Waals surface area contributed by atoms with Gasteiger partial charge in [-0.25, -0.2) is 9.78 Å². The summed E-state index contributed by atoms with van der Waals surface area (Å²) >= 11 is 1.62. The number of hydrogen-bond donors (Lipinski definition) is 1. The number of nitrogens with zero attached hydrogens (tertiary/aromatic N) is 1. The van der Waals surface area contributed by atoms with Gasteiger partial charge in [-0.1, -0.05) is 62.4 Å². The molecule has 0 bridgehead atoms.